The molecular weight excluding hydrogens is 464 g/mol. The number of esters is 2. The van der Waals surface area contributed by atoms with Crippen LogP contribution in [0.5, 0.6) is 0 Å². The molecule has 5 rings (SSSR count). The van der Waals surface area contributed by atoms with Gasteiger partial charge in [-0.25, -0.2) is 9.59 Å². The molecule has 2 aliphatic rings. The van der Waals surface area contributed by atoms with Gasteiger partial charge in [-0.2, -0.15) is 0 Å². The fourth-order valence-corrected chi connectivity index (χ4v) is 4.37. The van der Waals surface area contributed by atoms with Gasteiger partial charge >= 0.3 is 17.9 Å². The van der Waals surface area contributed by atoms with Crippen molar-refractivity contribution in [3.63, 3.8) is 0 Å². The Labute approximate surface area is 208 Å². The van der Waals surface area contributed by atoms with E-state index >= 15 is 0 Å². The highest BCUT2D eigenvalue weighted by atomic mass is 16.9. The number of rotatable bonds is 6. The average molecular weight is 491 g/mol. The summed E-state index contributed by atoms with van der Waals surface area (Å²) in [6.07, 6.45) is -4.58. The van der Waals surface area contributed by atoms with E-state index in [2.05, 4.69) is 0 Å². The van der Waals surface area contributed by atoms with Crippen LogP contribution in [-0.4, -0.2) is 49.8 Å². The minimum absolute atomic E-state index is 0.348. The van der Waals surface area contributed by atoms with Crippen molar-refractivity contribution in [1.29, 1.82) is 0 Å². The summed E-state index contributed by atoms with van der Waals surface area (Å²) in [5.74, 6) is -2.76. The third-order valence-electron chi connectivity index (χ3n) is 6.19. The van der Waals surface area contributed by atoms with Crippen LogP contribution in [0.3, 0.4) is 0 Å². The van der Waals surface area contributed by atoms with Gasteiger partial charge in [0.05, 0.1) is 17.2 Å². The zero-order valence-electron chi connectivity index (χ0n) is 19.8. The average Bonchev–Trinajstić information content (AvgIpc) is 3.31. The van der Waals surface area contributed by atoms with Gasteiger partial charge in [0.2, 0.25) is 0 Å². The molecule has 0 amide bonds. The minimum Gasteiger partial charge on any atom is -0.452 e. The molecule has 8 nitrogen and oxygen atoms in total. The third kappa shape index (κ3) is 4.64. The predicted molar refractivity (Wildman–Crippen MR) is 127 cm³/mol. The van der Waals surface area contributed by atoms with Crippen LogP contribution in [0.25, 0.3) is 0 Å². The fourth-order valence-electron chi connectivity index (χ4n) is 4.37. The predicted octanol–water partition coefficient (Wildman–Crippen LogP) is 4.05. The monoisotopic (exact) mass is 490 g/mol. The summed E-state index contributed by atoms with van der Waals surface area (Å²) in [5, 5.41) is 0. The number of carbonyl (C=O) groups excluding carboxylic acids is 2. The number of methoxy groups -OCH3 is 1. The van der Waals surface area contributed by atoms with Gasteiger partial charge in [0.1, 0.15) is 0 Å². The quantitative estimate of drug-likeness (QED) is 0.478. The maximum absolute atomic E-state index is 13.1. The van der Waals surface area contributed by atoms with Crippen LogP contribution in [0.1, 0.15) is 33.2 Å². The standard InChI is InChI=1S/C28H26O8/c1-18-22(33-25(29)19-12-6-3-7-13-19)23(34-26(30)20-14-8-4-9-15-20)24-27(32-18)36-28(31-2,35-24)21-16-10-5-11-17-21/h3-18,22-24,27H,1-2H3/t18-,22-,23+,24+,27?,28?/m0/s1. The van der Waals surface area contributed by atoms with Crippen LogP contribution < -0.4 is 0 Å². The lowest BCUT2D eigenvalue weighted by molar-refractivity contribution is -0.356. The molecular formula is C28H26O8. The van der Waals surface area contributed by atoms with Crippen LogP contribution in [0.15, 0.2) is 91.0 Å². The Balaban J connectivity index is 1.47. The first-order valence-corrected chi connectivity index (χ1v) is 11.6. The number of hydrogen-bond donors (Lipinski definition) is 0. The molecule has 3 aromatic rings. The molecule has 0 aromatic heterocycles. The van der Waals surface area contributed by atoms with Crippen molar-refractivity contribution in [2.45, 2.75) is 43.6 Å². The highest BCUT2D eigenvalue weighted by Gasteiger charge is 2.60. The Kier molecular flexibility index (Phi) is 6.84. The van der Waals surface area contributed by atoms with E-state index in [4.69, 9.17) is 28.4 Å². The summed E-state index contributed by atoms with van der Waals surface area (Å²) < 4.78 is 35.9. The van der Waals surface area contributed by atoms with E-state index in [-0.39, 0.29) is 0 Å². The van der Waals surface area contributed by atoms with Gasteiger partial charge in [0.25, 0.3) is 0 Å². The topological polar surface area (TPSA) is 89.5 Å². The minimum atomic E-state index is -1.59. The molecule has 2 aliphatic heterocycles. The van der Waals surface area contributed by atoms with Gasteiger partial charge < -0.3 is 23.7 Å². The lowest BCUT2D eigenvalue weighted by Crippen LogP contribution is -2.58. The van der Waals surface area contributed by atoms with Crippen LogP contribution in [0.2, 0.25) is 0 Å². The van der Waals surface area contributed by atoms with E-state index in [1.54, 1.807) is 79.7 Å². The number of ether oxygens (including phenoxy) is 6. The van der Waals surface area contributed by atoms with Crippen molar-refractivity contribution in [3.8, 4) is 0 Å². The van der Waals surface area contributed by atoms with E-state index in [0.29, 0.717) is 16.7 Å². The van der Waals surface area contributed by atoms with E-state index in [1.165, 1.54) is 7.11 Å². The van der Waals surface area contributed by atoms with E-state index in [9.17, 15) is 9.59 Å². The van der Waals surface area contributed by atoms with Gasteiger partial charge in [0, 0.05) is 12.7 Å². The molecule has 2 fully saturated rings. The summed E-state index contributed by atoms with van der Waals surface area (Å²) in [5.41, 5.74) is 1.31. The lowest BCUT2D eigenvalue weighted by atomic mass is 9.99. The molecule has 0 bridgehead atoms. The highest BCUT2D eigenvalue weighted by Crippen LogP contribution is 2.44. The zero-order valence-corrected chi connectivity index (χ0v) is 19.8. The molecule has 0 spiro atoms. The molecule has 6 atom stereocenters. The fraction of sp³-hybridized carbons (Fsp3) is 0.286. The normalized spacial score (nSPS) is 29.2. The molecule has 2 heterocycles. The first-order chi connectivity index (χ1) is 17.5. The largest absolute Gasteiger partial charge is 0.452 e. The Morgan fingerprint density at radius 3 is 1.75 bits per heavy atom. The highest BCUT2D eigenvalue weighted by molar-refractivity contribution is 5.90. The third-order valence-corrected chi connectivity index (χ3v) is 6.19. The second-order valence-electron chi connectivity index (χ2n) is 8.51. The summed E-state index contributed by atoms with van der Waals surface area (Å²) in [6.45, 7) is 1.72. The maximum atomic E-state index is 13.1. The van der Waals surface area contributed by atoms with Crippen molar-refractivity contribution >= 4 is 11.9 Å². The molecule has 0 N–H and O–H groups in total. The van der Waals surface area contributed by atoms with E-state index in [1.807, 2.05) is 18.2 Å². The Morgan fingerprint density at radius 2 is 1.22 bits per heavy atom. The Hall–Kier alpha value is -3.56. The van der Waals surface area contributed by atoms with Crippen molar-refractivity contribution in [3.05, 3.63) is 108 Å². The summed E-state index contributed by atoms with van der Waals surface area (Å²) >= 11 is 0. The molecule has 186 valence electrons. The van der Waals surface area contributed by atoms with Gasteiger partial charge in [-0.05, 0) is 31.2 Å². The Bertz CT molecular complexity index is 1190. The van der Waals surface area contributed by atoms with E-state index < -0.39 is 48.6 Å². The molecule has 3 aromatic carbocycles. The summed E-state index contributed by atoms with van der Waals surface area (Å²) in [6, 6.07) is 26.2. The number of benzene rings is 3. The van der Waals surface area contributed by atoms with Gasteiger partial charge in [-0.15, -0.1) is 0 Å². The molecule has 2 unspecified atom stereocenters. The Morgan fingerprint density at radius 1 is 0.722 bits per heavy atom. The van der Waals surface area contributed by atoms with Crippen molar-refractivity contribution in [2.75, 3.05) is 7.11 Å². The van der Waals surface area contributed by atoms with Gasteiger partial charge in [-0.3, -0.25) is 4.74 Å². The van der Waals surface area contributed by atoms with Crippen LogP contribution in [0, 0.1) is 0 Å². The first-order valence-electron chi connectivity index (χ1n) is 11.6. The van der Waals surface area contributed by atoms with Crippen LogP contribution >= 0.6 is 0 Å². The van der Waals surface area contributed by atoms with Crippen LogP contribution in [-0.2, 0) is 34.4 Å². The van der Waals surface area contributed by atoms with Crippen molar-refractivity contribution in [2.24, 2.45) is 0 Å². The smallest absolute Gasteiger partial charge is 0.338 e. The summed E-state index contributed by atoms with van der Waals surface area (Å²) in [4.78, 5) is 26.0. The van der Waals surface area contributed by atoms with Crippen molar-refractivity contribution < 1.29 is 38.0 Å². The second-order valence-corrected chi connectivity index (χ2v) is 8.51. The number of carbonyl (C=O) groups is 2. The number of fused-ring (bicyclic) bond motifs is 1. The maximum Gasteiger partial charge on any atom is 0.338 e. The molecule has 2 saturated heterocycles. The molecule has 0 radical (unpaired) electrons. The van der Waals surface area contributed by atoms with Gasteiger partial charge in [-0.1, -0.05) is 66.7 Å². The molecule has 0 saturated carbocycles. The SMILES string of the molecule is COC1(c2ccccc2)OC2O[C@@H](C)[C@H](OC(=O)c3ccccc3)[C@@H](OC(=O)c3ccccc3)[C@H]2O1. The zero-order chi connectivity index (χ0) is 25.1. The van der Waals surface area contributed by atoms with Crippen LogP contribution in [0.4, 0.5) is 0 Å². The van der Waals surface area contributed by atoms with Gasteiger partial charge in [0.15, 0.2) is 24.6 Å². The molecule has 8 heteroatoms. The van der Waals surface area contributed by atoms with E-state index in [0.717, 1.165) is 0 Å². The lowest BCUT2D eigenvalue weighted by Gasteiger charge is -2.40. The molecule has 0 aliphatic carbocycles. The summed E-state index contributed by atoms with van der Waals surface area (Å²) in [7, 11) is 1.45. The second kappa shape index (κ2) is 10.2. The molecule has 36 heavy (non-hydrogen) atoms. The van der Waals surface area contributed by atoms with Crippen molar-refractivity contribution in [1.82, 2.24) is 0 Å². The first kappa shape index (κ1) is 24.1. The number of hydrogen-bond acceptors (Lipinski definition) is 8.